The summed E-state index contributed by atoms with van der Waals surface area (Å²) in [6.45, 7) is 0. The van der Waals surface area contributed by atoms with Crippen LogP contribution in [0.2, 0.25) is 0 Å². The molecule has 2 heterocycles. The van der Waals surface area contributed by atoms with E-state index in [2.05, 4.69) is 0 Å². The monoisotopic (exact) mass is 283 g/mol. The molecule has 0 radical (unpaired) electrons. The molecule has 0 N–H and O–H groups in total. The van der Waals surface area contributed by atoms with Gasteiger partial charge in [-0.1, -0.05) is 30.3 Å². The molecular weight excluding hydrogens is 274 g/mol. The summed E-state index contributed by atoms with van der Waals surface area (Å²) in [5.74, 6) is 0.200. The van der Waals surface area contributed by atoms with Crippen LogP contribution in [0, 0.1) is 10.1 Å². The molecule has 3 rings (SSSR count). The molecule has 0 amide bonds. The van der Waals surface area contributed by atoms with Crippen molar-refractivity contribution in [3.63, 3.8) is 0 Å². The quantitative estimate of drug-likeness (QED) is 0.542. The summed E-state index contributed by atoms with van der Waals surface area (Å²) >= 11 is 0. The minimum absolute atomic E-state index is 0.136. The fourth-order valence-corrected chi connectivity index (χ4v) is 1.98. The SMILES string of the molecule is O=c1cc(-c2ccccc2)oc(-c2ccco2)c1[N+](=O)[O-]. The Morgan fingerprint density at radius 2 is 1.76 bits per heavy atom. The van der Waals surface area contributed by atoms with Crippen molar-refractivity contribution in [2.45, 2.75) is 0 Å². The van der Waals surface area contributed by atoms with Gasteiger partial charge in [0.15, 0.2) is 5.76 Å². The van der Waals surface area contributed by atoms with Crippen molar-refractivity contribution < 1.29 is 13.8 Å². The van der Waals surface area contributed by atoms with E-state index in [4.69, 9.17) is 8.83 Å². The Kier molecular flexibility index (Phi) is 3.12. The molecule has 2 aromatic heterocycles. The van der Waals surface area contributed by atoms with Gasteiger partial charge in [-0.2, -0.15) is 0 Å². The van der Waals surface area contributed by atoms with Gasteiger partial charge in [0.1, 0.15) is 5.76 Å². The van der Waals surface area contributed by atoms with Crippen molar-refractivity contribution in [2.24, 2.45) is 0 Å². The molecule has 0 atom stereocenters. The molecule has 104 valence electrons. The van der Waals surface area contributed by atoms with E-state index in [1.165, 1.54) is 12.3 Å². The molecule has 0 aliphatic carbocycles. The number of furan rings is 1. The lowest BCUT2D eigenvalue weighted by atomic mass is 10.1. The maximum atomic E-state index is 12.0. The highest BCUT2D eigenvalue weighted by Crippen LogP contribution is 2.31. The summed E-state index contributed by atoms with van der Waals surface area (Å²) in [5, 5.41) is 11.1. The first kappa shape index (κ1) is 12.9. The number of rotatable bonds is 3. The van der Waals surface area contributed by atoms with Crippen molar-refractivity contribution in [2.75, 3.05) is 0 Å². The van der Waals surface area contributed by atoms with Gasteiger partial charge in [0.2, 0.25) is 0 Å². The van der Waals surface area contributed by atoms with Crippen molar-refractivity contribution in [3.8, 4) is 22.8 Å². The summed E-state index contributed by atoms with van der Waals surface area (Å²) in [6.07, 6.45) is 1.36. The van der Waals surface area contributed by atoms with E-state index in [0.717, 1.165) is 6.07 Å². The molecule has 6 nitrogen and oxygen atoms in total. The molecule has 0 unspecified atom stereocenters. The predicted molar refractivity (Wildman–Crippen MR) is 74.8 cm³/mol. The highest BCUT2D eigenvalue weighted by molar-refractivity contribution is 5.67. The van der Waals surface area contributed by atoms with Crippen LogP contribution >= 0.6 is 0 Å². The number of nitro groups is 1. The molecule has 0 saturated heterocycles. The van der Waals surface area contributed by atoms with Crippen molar-refractivity contribution in [3.05, 3.63) is 75.1 Å². The van der Waals surface area contributed by atoms with Crippen LogP contribution in [0.4, 0.5) is 5.69 Å². The molecule has 0 fully saturated rings. The lowest BCUT2D eigenvalue weighted by Crippen LogP contribution is -2.09. The molecule has 0 aliphatic heterocycles. The fourth-order valence-electron chi connectivity index (χ4n) is 1.98. The maximum Gasteiger partial charge on any atom is 0.362 e. The molecule has 6 heteroatoms. The summed E-state index contributed by atoms with van der Waals surface area (Å²) < 4.78 is 10.7. The maximum absolute atomic E-state index is 12.0. The van der Waals surface area contributed by atoms with Gasteiger partial charge < -0.3 is 8.83 Å². The van der Waals surface area contributed by atoms with Gasteiger partial charge >= 0.3 is 5.69 Å². The van der Waals surface area contributed by atoms with Crippen LogP contribution in [0.15, 0.2) is 68.4 Å². The van der Waals surface area contributed by atoms with Crippen LogP contribution in [-0.4, -0.2) is 4.92 Å². The Labute approximate surface area is 118 Å². The van der Waals surface area contributed by atoms with Crippen LogP contribution in [0.25, 0.3) is 22.8 Å². The second kappa shape index (κ2) is 5.09. The average Bonchev–Trinajstić information content (AvgIpc) is 3.01. The van der Waals surface area contributed by atoms with E-state index in [9.17, 15) is 14.9 Å². The predicted octanol–water partition coefficient (Wildman–Crippen LogP) is 3.48. The number of hydrogen-bond donors (Lipinski definition) is 0. The first-order valence-electron chi connectivity index (χ1n) is 6.08. The molecule has 0 bridgehead atoms. The van der Waals surface area contributed by atoms with Crippen LogP contribution in [0.1, 0.15) is 0 Å². The zero-order chi connectivity index (χ0) is 14.8. The third kappa shape index (κ3) is 2.34. The van der Waals surface area contributed by atoms with Crippen molar-refractivity contribution >= 4 is 5.69 Å². The summed E-state index contributed by atoms with van der Waals surface area (Å²) in [4.78, 5) is 22.4. The molecule has 0 aliphatic rings. The lowest BCUT2D eigenvalue weighted by Gasteiger charge is -2.03. The Morgan fingerprint density at radius 1 is 1.00 bits per heavy atom. The second-order valence-electron chi connectivity index (χ2n) is 4.25. The normalized spacial score (nSPS) is 10.5. The van der Waals surface area contributed by atoms with E-state index in [1.807, 2.05) is 6.07 Å². The van der Waals surface area contributed by atoms with Crippen LogP contribution in [-0.2, 0) is 0 Å². The molecular formula is C15H9NO5. The highest BCUT2D eigenvalue weighted by Gasteiger charge is 2.26. The lowest BCUT2D eigenvalue weighted by molar-refractivity contribution is -0.386. The van der Waals surface area contributed by atoms with Gasteiger partial charge in [-0.25, -0.2) is 0 Å². The standard InChI is InChI=1S/C15H9NO5/c17-11-9-13(10-5-2-1-3-6-10)21-15(14(11)16(18)19)12-7-4-8-20-12/h1-9H. The first-order chi connectivity index (χ1) is 10.2. The Hall–Kier alpha value is -3.15. The molecule has 1 aromatic carbocycles. The van der Waals surface area contributed by atoms with E-state index >= 15 is 0 Å². The van der Waals surface area contributed by atoms with Gasteiger partial charge in [0.25, 0.3) is 11.2 Å². The second-order valence-corrected chi connectivity index (χ2v) is 4.25. The van der Waals surface area contributed by atoms with Gasteiger partial charge in [-0.05, 0) is 12.1 Å². The average molecular weight is 283 g/mol. The first-order valence-corrected chi connectivity index (χ1v) is 6.08. The fraction of sp³-hybridized carbons (Fsp3) is 0. The smallest absolute Gasteiger partial charge is 0.362 e. The van der Waals surface area contributed by atoms with E-state index in [0.29, 0.717) is 5.56 Å². The molecule has 21 heavy (non-hydrogen) atoms. The molecule has 0 saturated carbocycles. The van der Waals surface area contributed by atoms with E-state index < -0.39 is 16.0 Å². The zero-order valence-corrected chi connectivity index (χ0v) is 10.7. The zero-order valence-electron chi connectivity index (χ0n) is 10.7. The van der Waals surface area contributed by atoms with Crippen molar-refractivity contribution in [1.29, 1.82) is 0 Å². The van der Waals surface area contributed by atoms with Gasteiger partial charge in [0.05, 0.1) is 11.2 Å². The largest absolute Gasteiger partial charge is 0.461 e. The third-order valence-corrected chi connectivity index (χ3v) is 2.91. The Morgan fingerprint density at radius 3 is 2.38 bits per heavy atom. The Balaban J connectivity index is 2.28. The van der Waals surface area contributed by atoms with Crippen LogP contribution in [0.5, 0.6) is 0 Å². The molecule has 3 aromatic rings. The topological polar surface area (TPSA) is 86.5 Å². The van der Waals surface area contributed by atoms with Crippen LogP contribution < -0.4 is 5.43 Å². The van der Waals surface area contributed by atoms with Crippen LogP contribution in [0.3, 0.4) is 0 Å². The minimum Gasteiger partial charge on any atom is -0.461 e. The Bertz CT molecular complexity index is 834. The summed E-state index contributed by atoms with van der Waals surface area (Å²) in [7, 11) is 0. The number of nitrogens with zero attached hydrogens (tertiary/aromatic N) is 1. The van der Waals surface area contributed by atoms with E-state index in [1.54, 1.807) is 30.3 Å². The number of hydrogen-bond acceptors (Lipinski definition) is 5. The van der Waals surface area contributed by atoms with Gasteiger partial charge in [-0.15, -0.1) is 0 Å². The highest BCUT2D eigenvalue weighted by atomic mass is 16.6. The summed E-state index contributed by atoms with van der Waals surface area (Å²) in [6, 6.07) is 13.0. The summed E-state index contributed by atoms with van der Waals surface area (Å²) in [5.41, 5.74) is -0.710. The van der Waals surface area contributed by atoms with Crippen molar-refractivity contribution in [1.82, 2.24) is 0 Å². The van der Waals surface area contributed by atoms with E-state index in [-0.39, 0.29) is 17.3 Å². The molecule has 0 spiro atoms. The van der Waals surface area contributed by atoms with Gasteiger partial charge in [0, 0.05) is 11.6 Å². The minimum atomic E-state index is -0.765. The number of benzene rings is 1. The van der Waals surface area contributed by atoms with Gasteiger partial charge in [-0.3, -0.25) is 14.9 Å². The third-order valence-electron chi connectivity index (χ3n) is 2.91.